The Kier molecular flexibility index (Phi) is 5.68. The number of aliphatic hydroxyl groups is 1. The maximum Gasteiger partial charge on any atom is 0.162 e. The number of Topliss-reactive ketones (excluding diaryl/α,β-unsaturated/α-hetero) is 1. The second-order valence-corrected chi connectivity index (χ2v) is 6.69. The van der Waals surface area contributed by atoms with E-state index >= 15 is 0 Å². The van der Waals surface area contributed by atoms with Gasteiger partial charge in [0, 0.05) is 12.1 Å². The fourth-order valence-corrected chi connectivity index (χ4v) is 2.62. The molecule has 0 saturated heterocycles. The summed E-state index contributed by atoms with van der Waals surface area (Å²) in [4.78, 5) is 12.4. The molecule has 0 aromatic carbocycles. The Morgan fingerprint density at radius 3 is 2.52 bits per heavy atom. The Labute approximate surface area is 126 Å². The van der Waals surface area contributed by atoms with Gasteiger partial charge in [0.2, 0.25) is 0 Å². The van der Waals surface area contributed by atoms with Crippen molar-refractivity contribution in [1.29, 1.82) is 5.26 Å². The fraction of sp³-hybridized carbons (Fsp3) is 0.688. The molecule has 1 aromatic rings. The third-order valence-electron chi connectivity index (χ3n) is 3.81. The van der Waals surface area contributed by atoms with Crippen molar-refractivity contribution in [2.45, 2.75) is 53.2 Å². The Morgan fingerprint density at radius 1 is 1.48 bits per heavy atom. The summed E-state index contributed by atoms with van der Waals surface area (Å²) in [5, 5.41) is 22.8. The number of ketones is 1. The van der Waals surface area contributed by atoms with Crippen LogP contribution in [0.15, 0.2) is 12.3 Å². The number of rotatable bonds is 7. The quantitative estimate of drug-likeness (QED) is 0.836. The molecule has 0 fully saturated rings. The number of hydrogen-bond donors (Lipinski definition) is 1. The van der Waals surface area contributed by atoms with Crippen molar-refractivity contribution < 1.29 is 9.90 Å². The predicted octanol–water partition coefficient (Wildman–Crippen LogP) is 2.39. The van der Waals surface area contributed by atoms with Crippen molar-refractivity contribution in [3.63, 3.8) is 0 Å². The van der Waals surface area contributed by atoms with Crippen LogP contribution in [0.5, 0.6) is 0 Å². The molecule has 21 heavy (non-hydrogen) atoms. The van der Waals surface area contributed by atoms with Gasteiger partial charge in [-0.15, -0.1) is 0 Å². The number of nitriles is 1. The highest BCUT2D eigenvalue weighted by Crippen LogP contribution is 2.30. The van der Waals surface area contributed by atoms with Gasteiger partial charge in [-0.25, -0.2) is 0 Å². The van der Waals surface area contributed by atoms with E-state index in [1.54, 1.807) is 26.1 Å². The fourth-order valence-electron chi connectivity index (χ4n) is 2.62. The Morgan fingerprint density at radius 2 is 2.10 bits per heavy atom. The summed E-state index contributed by atoms with van der Waals surface area (Å²) >= 11 is 0. The third-order valence-corrected chi connectivity index (χ3v) is 3.81. The van der Waals surface area contributed by atoms with Gasteiger partial charge in [-0.3, -0.25) is 9.48 Å². The van der Waals surface area contributed by atoms with Crippen molar-refractivity contribution in [2.24, 2.45) is 17.8 Å². The van der Waals surface area contributed by atoms with Gasteiger partial charge < -0.3 is 5.11 Å². The molecule has 0 aliphatic rings. The van der Waals surface area contributed by atoms with E-state index in [1.807, 2.05) is 13.0 Å². The monoisotopic (exact) mass is 291 g/mol. The van der Waals surface area contributed by atoms with Gasteiger partial charge in [0.05, 0.1) is 12.1 Å². The lowest BCUT2D eigenvalue weighted by molar-refractivity contribution is -0.126. The topological polar surface area (TPSA) is 78.9 Å². The maximum absolute atomic E-state index is 12.4. The molecule has 0 saturated carbocycles. The maximum atomic E-state index is 12.4. The van der Waals surface area contributed by atoms with Gasteiger partial charge in [-0.2, -0.15) is 10.4 Å². The zero-order valence-corrected chi connectivity index (χ0v) is 13.5. The summed E-state index contributed by atoms with van der Waals surface area (Å²) in [6.45, 7) is 9.76. The van der Waals surface area contributed by atoms with Gasteiger partial charge in [0.15, 0.2) is 11.5 Å². The molecule has 1 N–H and O–H groups in total. The van der Waals surface area contributed by atoms with Crippen molar-refractivity contribution in [3.05, 3.63) is 18.0 Å². The molecule has 1 heterocycles. The highest BCUT2D eigenvalue weighted by Gasteiger charge is 2.31. The summed E-state index contributed by atoms with van der Waals surface area (Å²) in [5.74, 6) is 0.336. The van der Waals surface area contributed by atoms with Gasteiger partial charge >= 0.3 is 0 Å². The molecular formula is C16H25N3O2. The van der Waals surface area contributed by atoms with E-state index < -0.39 is 5.60 Å². The first-order valence-corrected chi connectivity index (χ1v) is 7.32. The summed E-state index contributed by atoms with van der Waals surface area (Å²) in [5.41, 5.74) is -0.476. The van der Waals surface area contributed by atoms with Crippen LogP contribution >= 0.6 is 0 Å². The molecule has 1 rings (SSSR count). The van der Waals surface area contributed by atoms with E-state index in [-0.39, 0.29) is 24.2 Å². The van der Waals surface area contributed by atoms with Crippen molar-refractivity contribution in [2.75, 3.05) is 0 Å². The minimum Gasteiger partial charge on any atom is -0.390 e. The van der Waals surface area contributed by atoms with Crippen LogP contribution in [-0.4, -0.2) is 26.3 Å². The summed E-state index contributed by atoms with van der Waals surface area (Å²) in [7, 11) is 0. The Balaban J connectivity index is 2.76. The number of carbonyl (C=O) groups is 1. The zero-order valence-electron chi connectivity index (χ0n) is 13.5. The highest BCUT2D eigenvalue weighted by atomic mass is 16.3. The molecule has 1 unspecified atom stereocenters. The molecule has 0 bridgehead atoms. The largest absolute Gasteiger partial charge is 0.390 e. The average molecular weight is 291 g/mol. The predicted molar refractivity (Wildman–Crippen MR) is 80.4 cm³/mol. The molecule has 0 aliphatic heterocycles. The lowest BCUT2D eigenvalue weighted by Gasteiger charge is -2.31. The normalized spacial score (nSPS) is 14.8. The van der Waals surface area contributed by atoms with Crippen LogP contribution in [0.25, 0.3) is 0 Å². The average Bonchev–Trinajstić information content (AvgIpc) is 2.81. The smallest absolute Gasteiger partial charge is 0.162 e. The van der Waals surface area contributed by atoms with Crippen LogP contribution in [0.3, 0.4) is 0 Å². The summed E-state index contributed by atoms with van der Waals surface area (Å²) in [6, 6.07) is 3.54. The number of aromatic nitrogens is 2. The van der Waals surface area contributed by atoms with Crippen molar-refractivity contribution in [3.8, 4) is 6.07 Å². The highest BCUT2D eigenvalue weighted by molar-refractivity contribution is 5.80. The first-order chi connectivity index (χ1) is 9.64. The standard InChI is InChI=1S/C16H25N3O2/c1-11(2)14(8-16(4,5)21)12(3)15(20)10-19-7-6-13(9-17)18-19/h6-7,11-12,14,21H,8,10H2,1-5H3/t12-,14?/m0/s1. The Bertz CT molecular complexity index is 520. The van der Waals surface area contributed by atoms with Gasteiger partial charge in [-0.1, -0.05) is 20.8 Å². The number of carbonyl (C=O) groups excluding carboxylic acids is 1. The summed E-state index contributed by atoms with van der Waals surface area (Å²) < 4.78 is 1.50. The van der Waals surface area contributed by atoms with Crippen molar-refractivity contribution >= 4 is 5.78 Å². The minimum atomic E-state index is -0.789. The van der Waals surface area contributed by atoms with E-state index in [1.165, 1.54) is 4.68 Å². The van der Waals surface area contributed by atoms with E-state index in [4.69, 9.17) is 5.26 Å². The van der Waals surface area contributed by atoms with Crippen LogP contribution in [0.1, 0.15) is 46.7 Å². The molecular weight excluding hydrogens is 266 g/mol. The van der Waals surface area contributed by atoms with Crippen LogP contribution < -0.4 is 0 Å². The first kappa shape index (κ1) is 17.4. The number of nitrogens with zero attached hydrogens (tertiary/aromatic N) is 3. The van der Waals surface area contributed by atoms with Crippen LogP contribution in [0.4, 0.5) is 0 Å². The second kappa shape index (κ2) is 6.86. The third kappa shape index (κ3) is 5.31. The summed E-state index contributed by atoms with van der Waals surface area (Å²) in [6.07, 6.45) is 2.23. The molecule has 1 aromatic heterocycles. The molecule has 2 atom stereocenters. The lowest BCUT2D eigenvalue weighted by Crippen LogP contribution is -2.34. The first-order valence-electron chi connectivity index (χ1n) is 7.32. The van der Waals surface area contributed by atoms with Crippen molar-refractivity contribution in [1.82, 2.24) is 9.78 Å². The molecule has 0 amide bonds. The molecule has 5 heteroatoms. The van der Waals surface area contributed by atoms with Crippen LogP contribution in [0.2, 0.25) is 0 Å². The molecule has 5 nitrogen and oxygen atoms in total. The lowest BCUT2D eigenvalue weighted by atomic mass is 9.76. The minimum absolute atomic E-state index is 0.0746. The SMILES string of the molecule is CC(C)C(CC(C)(C)O)[C@H](C)C(=O)Cn1ccc(C#N)n1. The van der Waals surface area contributed by atoms with E-state index in [9.17, 15) is 9.90 Å². The Hall–Kier alpha value is -1.67. The molecule has 0 aliphatic carbocycles. The van der Waals surface area contributed by atoms with Gasteiger partial charge in [-0.05, 0) is 38.2 Å². The van der Waals surface area contributed by atoms with Crippen LogP contribution in [0, 0.1) is 29.1 Å². The molecule has 116 valence electrons. The van der Waals surface area contributed by atoms with E-state index in [0.717, 1.165) is 0 Å². The van der Waals surface area contributed by atoms with Crippen LogP contribution in [-0.2, 0) is 11.3 Å². The second-order valence-electron chi connectivity index (χ2n) is 6.69. The molecule has 0 radical (unpaired) electrons. The molecule has 0 spiro atoms. The van der Waals surface area contributed by atoms with Gasteiger partial charge in [0.25, 0.3) is 0 Å². The van der Waals surface area contributed by atoms with E-state index in [2.05, 4.69) is 18.9 Å². The zero-order chi connectivity index (χ0) is 16.2. The number of hydrogen-bond acceptors (Lipinski definition) is 4. The van der Waals surface area contributed by atoms with E-state index in [0.29, 0.717) is 18.0 Å². The van der Waals surface area contributed by atoms with Gasteiger partial charge in [0.1, 0.15) is 6.07 Å².